The van der Waals surface area contributed by atoms with Crippen molar-refractivity contribution in [3.8, 4) is 0 Å². The van der Waals surface area contributed by atoms with Crippen LogP contribution in [0.25, 0.3) is 0 Å². The Bertz CT molecular complexity index is 483. The Hall–Kier alpha value is -1.62. The molecule has 0 aromatic carbocycles. The third-order valence-electron chi connectivity index (χ3n) is 2.35. The minimum atomic E-state index is 0.208. The number of rotatable bonds is 4. The van der Waals surface area contributed by atoms with Crippen molar-refractivity contribution in [2.45, 2.75) is 26.4 Å². The first kappa shape index (κ1) is 11.9. The van der Waals surface area contributed by atoms with Gasteiger partial charge in [-0.3, -0.25) is 4.68 Å². The molecular weight excluding hydrogens is 238 g/mol. The molecule has 0 spiro atoms. The second-order valence-electron chi connectivity index (χ2n) is 3.94. The topological polar surface area (TPSA) is 55.6 Å². The number of aryl methyl sites for hydroxylation is 1. The molecule has 17 heavy (non-hydrogen) atoms. The van der Waals surface area contributed by atoms with E-state index in [9.17, 15) is 0 Å². The zero-order chi connectivity index (χ0) is 12.3. The van der Waals surface area contributed by atoms with Gasteiger partial charge < -0.3 is 5.32 Å². The van der Waals surface area contributed by atoms with Gasteiger partial charge in [-0.15, -0.1) is 0 Å². The van der Waals surface area contributed by atoms with E-state index in [1.54, 1.807) is 12.4 Å². The number of hydrogen-bond acceptors (Lipinski definition) is 4. The minimum Gasteiger partial charge on any atom is -0.365 e. The largest absolute Gasteiger partial charge is 0.365 e. The van der Waals surface area contributed by atoms with Gasteiger partial charge in [0.25, 0.3) is 0 Å². The lowest BCUT2D eigenvalue weighted by atomic mass is 10.3. The van der Waals surface area contributed by atoms with E-state index in [1.165, 1.54) is 0 Å². The molecule has 1 atom stereocenters. The zero-order valence-corrected chi connectivity index (χ0v) is 10.5. The van der Waals surface area contributed by atoms with Crippen molar-refractivity contribution in [1.82, 2.24) is 19.7 Å². The Morgan fingerprint density at radius 3 is 3.06 bits per heavy atom. The molecule has 0 saturated carbocycles. The van der Waals surface area contributed by atoms with Crippen molar-refractivity contribution in [2.24, 2.45) is 0 Å². The van der Waals surface area contributed by atoms with Crippen LogP contribution in [0.3, 0.4) is 0 Å². The lowest BCUT2D eigenvalue weighted by molar-refractivity contribution is 0.559. The number of halogens is 1. The van der Waals surface area contributed by atoms with Crippen molar-refractivity contribution in [1.29, 1.82) is 0 Å². The Labute approximate surface area is 105 Å². The number of nitrogens with zero attached hydrogens (tertiary/aromatic N) is 4. The van der Waals surface area contributed by atoms with Crippen molar-refractivity contribution >= 4 is 17.4 Å². The molecule has 1 N–H and O–H groups in total. The van der Waals surface area contributed by atoms with Crippen LogP contribution in [0, 0.1) is 6.92 Å². The van der Waals surface area contributed by atoms with Crippen LogP contribution in [0.5, 0.6) is 0 Å². The molecule has 2 heterocycles. The summed E-state index contributed by atoms with van der Waals surface area (Å²) in [5, 5.41) is 7.70. The highest BCUT2D eigenvalue weighted by molar-refractivity contribution is 6.28. The third kappa shape index (κ3) is 3.17. The van der Waals surface area contributed by atoms with Crippen LogP contribution < -0.4 is 5.32 Å². The van der Waals surface area contributed by atoms with E-state index in [0.717, 1.165) is 17.9 Å². The first-order chi connectivity index (χ1) is 8.15. The number of nitrogens with one attached hydrogen (secondary N) is 1. The summed E-state index contributed by atoms with van der Waals surface area (Å²) < 4.78 is 1.87. The predicted molar refractivity (Wildman–Crippen MR) is 67.1 cm³/mol. The molecule has 2 aromatic heterocycles. The lowest BCUT2D eigenvalue weighted by Gasteiger charge is -2.15. The fourth-order valence-corrected chi connectivity index (χ4v) is 1.67. The van der Waals surface area contributed by atoms with Crippen LogP contribution in [0.1, 0.15) is 12.5 Å². The highest BCUT2D eigenvalue weighted by Gasteiger charge is 2.07. The highest BCUT2D eigenvalue weighted by Crippen LogP contribution is 2.13. The number of aromatic nitrogens is 4. The van der Waals surface area contributed by atoms with Crippen LogP contribution in [-0.4, -0.2) is 25.8 Å². The third-order valence-corrected chi connectivity index (χ3v) is 2.53. The van der Waals surface area contributed by atoms with Gasteiger partial charge in [0.2, 0.25) is 5.28 Å². The molecule has 0 aliphatic heterocycles. The van der Waals surface area contributed by atoms with Crippen LogP contribution in [0.4, 0.5) is 5.82 Å². The van der Waals surface area contributed by atoms with Crippen molar-refractivity contribution in [3.63, 3.8) is 0 Å². The molecule has 6 heteroatoms. The molecule has 1 unspecified atom stereocenters. The van der Waals surface area contributed by atoms with Crippen molar-refractivity contribution in [2.75, 3.05) is 5.32 Å². The van der Waals surface area contributed by atoms with E-state index < -0.39 is 0 Å². The number of hydrogen-bond donors (Lipinski definition) is 1. The first-order valence-electron chi connectivity index (χ1n) is 5.38. The average molecular weight is 252 g/mol. The monoisotopic (exact) mass is 251 g/mol. The quantitative estimate of drug-likeness (QED) is 0.846. The SMILES string of the molecule is Cc1cnc(Cl)nc1NC(C)Cn1cccn1. The van der Waals surface area contributed by atoms with Gasteiger partial charge >= 0.3 is 0 Å². The van der Waals surface area contributed by atoms with E-state index in [-0.39, 0.29) is 11.3 Å². The van der Waals surface area contributed by atoms with E-state index in [4.69, 9.17) is 11.6 Å². The maximum atomic E-state index is 5.76. The summed E-state index contributed by atoms with van der Waals surface area (Å²) in [7, 11) is 0. The second-order valence-corrected chi connectivity index (χ2v) is 4.28. The normalized spacial score (nSPS) is 12.4. The molecule has 90 valence electrons. The Morgan fingerprint density at radius 2 is 2.35 bits per heavy atom. The predicted octanol–water partition coefficient (Wildman–Crippen LogP) is 2.14. The molecule has 0 saturated heterocycles. The lowest BCUT2D eigenvalue weighted by Crippen LogP contribution is -2.23. The van der Waals surface area contributed by atoms with Crippen LogP contribution in [0.15, 0.2) is 24.7 Å². The summed E-state index contributed by atoms with van der Waals surface area (Å²) in [4.78, 5) is 8.07. The summed E-state index contributed by atoms with van der Waals surface area (Å²) in [5.74, 6) is 0.768. The van der Waals surface area contributed by atoms with Crippen molar-refractivity contribution < 1.29 is 0 Å². The van der Waals surface area contributed by atoms with Gasteiger partial charge in [0.15, 0.2) is 0 Å². The standard InChI is InChI=1S/C11H14ClN5/c1-8-6-13-11(12)16-10(8)15-9(2)7-17-5-3-4-14-17/h3-6,9H,7H2,1-2H3,(H,13,15,16). The van der Waals surface area contributed by atoms with Gasteiger partial charge in [0, 0.05) is 30.2 Å². The molecular formula is C11H14ClN5. The summed E-state index contributed by atoms with van der Waals surface area (Å²) in [6, 6.07) is 2.11. The van der Waals surface area contributed by atoms with Crippen LogP contribution in [0.2, 0.25) is 5.28 Å². The number of anilines is 1. The van der Waals surface area contributed by atoms with Gasteiger partial charge in [0.05, 0.1) is 6.54 Å². The van der Waals surface area contributed by atoms with E-state index >= 15 is 0 Å². The van der Waals surface area contributed by atoms with Crippen LogP contribution >= 0.6 is 11.6 Å². The van der Waals surface area contributed by atoms with Gasteiger partial charge in [-0.2, -0.15) is 5.10 Å². The fourth-order valence-electron chi connectivity index (χ4n) is 1.53. The Kier molecular flexibility index (Phi) is 3.58. The molecule has 2 rings (SSSR count). The molecule has 2 aromatic rings. The van der Waals surface area contributed by atoms with E-state index in [2.05, 4.69) is 27.3 Å². The summed E-state index contributed by atoms with van der Waals surface area (Å²) in [6.45, 7) is 4.78. The molecule has 0 fully saturated rings. The Balaban J connectivity index is 2.02. The zero-order valence-electron chi connectivity index (χ0n) is 9.76. The van der Waals surface area contributed by atoms with Gasteiger partial charge in [-0.1, -0.05) is 0 Å². The molecule has 0 amide bonds. The second kappa shape index (κ2) is 5.14. The van der Waals surface area contributed by atoms with Gasteiger partial charge in [-0.05, 0) is 31.5 Å². The summed E-state index contributed by atoms with van der Waals surface area (Å²) >= 11 is 5.76. The summed E-state index contributed by atoms with van der Waals surface area (Å²) in [5.41, 5.74) is 0.974. The molecule has 0 bridgehead atoms. The van der Waals surface area contributed by atoms with Crippen molar-refractivity contribution in [3.05, 3.63) is 35.5 Å². The summed E-state index contributed by atoms with van der Waals surface area (Å²) in [6.07, 6.45) is 5.40. The van der Waals surface area contributed by atoms with E-state index in [1.807, 2.05) is 23.9 Å². The molecule has 0 aliphatic rings. The molecule has 0 aliphatic carbocycles. The maximum Gasteiger partial charge on any atom is 0.224 e. The average Bonchev–Trinajstić information content (AvgIpc) is 2.76. The highest BCUT2D eigenvalue weighted by atomic mass is 35.5. The van der Waals surface area contributed by atoms with Crippen LogP contribution in [-0.2, 0) is 6.54 Å². The molecule has 5 nitrogen and oxygen atoms in total. The van der Waals surface area contributed by atoms with E-state index in [0.29, 0.717) is 0 Å². The maximum absolute atomic E-state index is 5.76. The fraction of sp³-hybridized carbons (Fsp3) is 0.364. The smallest absolute Gasteiger partial charge is 0.224 e. The minimum absolute atomic E-state index is 0.208. The first-order valence-corrected chi connectivity index (χ1v) is 5.76. The molecule has 0 radical (unpaired) electrons. The Morgan fingerprint density at radius 1 is 1.53 bits per heavy atom. The van der Waals surface area contributed by atoms with Gasteiger partial charge in [0.1, 0.15) is 5.82 Å². The van der Waals surface area contributed by atoms with Gasteiger partial charge in [-0.25, -0.2) is 9.97 Å².